The van der Waals surface area contributed by atoms with Crippen LogP contribution in [0.25, 0.3) is 0 Å². The molecule has 5 nitrogen and oxygen atoms in total. The molecule has 0 atom stereocenters. The van der Waals surface area contributed by atoms with E-state index in [1.165, 1.54) is 20.3 Å². The van der Waals surface area contributed by atoms with Crippen LogP contribution in [0, 0.1) is 0 Å². The van der Waals surface area contributed by atoms with Crippen LogP contribution < -0.4 is 14.2 Å². The SMILES string of the molecule is COc1ccc(NS(=O)(=O)CCl)cc1OC. The maximum atomic E-state index is 11.2. The fourth-order valence-corrected chi connectivity index (χ4v) is 1.81. The van der Waals surface area contributed by atoms with Crippen LogP contribution in [0.3, 0.4) is 0 Å². The molecule has 1 rings (SSSR count). The van der Waals surface area contributed by atoms with Crippen LogP contribution >= 0.6 is 11.6 Å². The van der Waals surface area contributed by atoms with E-state index in [-0.39, 0.29) is 0 Å². The van der Waals surface area contributed by atoms with Gasteiger partial charge in [-0.25, -0.2) is 8.42 Å². The molecule has 0 bridgehead atoms. The average Bonchev–Trinajstić information content (AvgIpc) is 2.28. The monoisotopic (exact) mass is 265 g/mol. The first-order valence-corrected chi connectivity index (χ1v) is 6.49. The molecular weight excluding hydrogens is 254 g/mol. The molecule has 0 heterocycles. The third kappa shape index (κ3) is 3.18. The van der Waals surface area contributed by atoms with Crippen molar-refractivity contribution in [2.45, 2.75) is 0 Å². The summed E-state index contributed by atoms with van der Waals surface area (Å²) in [6, 6.07) is 4.68. The second-order valence-corrected chi connectivity index (χ2v) is 5.20. The Balaban J connectivity index is 3.00. The van der Waals surface area contributed by atoms with E-state index in [1.807, 2.05) is 0 Å². The van der Waals surface area contributed by atoms with Gasteiger partial charge in [0.2, 0.25) is 10.0 Å². The van der Waals surface area contributed by atoms with Crippen LogP contribution in [0.1, 0.15) is 0 Å². The van der Waals surface area contributed by atoms with E-state index in [1.54, 1.807) is 12.1 Å². The standard InChI is InChI=1S/C9H12ClNO4S/c1-14-8-4-3-7(5-9(8)15-2)11-16(12,13)6-10/h3-5,11H,6H2,1-2H3. The number of nitrogens with one attached hydrogen (secondary N) is 1. The number of alkyl halides is 1. The van der Waals surface area contributed by atoms with Gasteiger partial charge in [-0.2, -0.15) is 0 Å². The largest absolute Gasteiger partial charge is 0.493 e. The normalized spacial score (nSPS) is 10.9. The van der Waals surface area contributed by atoms with Crippen molar-refractivity contribution in [1.82, 2.24) is 0 Å². The molecule has 0 saturated heterocycles. The highest BCUT2D eigenvalue weighted by Crippen LogP contribution is 2.30. The second kappa shape index (κ2) is 5.27. The Kier molecular flexibility index (Phi) is 4.26. The number of sulfonamides is 1. The quantitative estimate of drug-likeness (QED) is 0.822. The van der Waals surface area contributed by atoms with Gasteiger partial charge in [-0.1, -0.05) is 0 Å². The summed E-state index contributed by atoms with van der Waals surface area (Å²) in [5.74, 6) is 0.966. The van der Waals surface area contributed by atoms with Crippen molar-refractivity contribution in [3.05, 3.63) is 18.2 Å². The average molecular weight is 266 g/mol. The van der Waals surface area contributed by atoms with Crippen molar-refractivity contribution in [3.8, 4) is 11.5 Å². The zero-order chi connectivity index (χ0) is 12.2. The van der Waals surface area contributed by atoms with Crippen molar-refractivity contribution in [2.75, 3.05) is 24.2 Å². The van der Waals surface area contributed by atoms with Crippen LogP contribution in [0.4, 0.5) is 5.69 Å². The molecule has 0 aromatic heterocycles. The van der Waals surface area contributed by atoms with Crippen LogP contribution in [0.15, 0.2) is 18.2 Å². The zero-order valence-electron chi connectivity index (χ0n) is 8.86. The Bertz CT molecular complexity index is 461. The van der Waals surface area contributed by atoms with Crippen molar-refractivity contribution in [3.63, 3.8) is 0 Å². The van der Waals surface area contributed by atoms with E-state index in [0.29, 0.717) is 17.2 Å². The summed E-state index contributed by atoms with van der Waals surface area (Å²) in [6.07, 6.45) is 0. The summed E-state index contributed by atoms with van der Waals surface area (Å²) in [6.45, 7) is 0. The fourth-order valence-electron chi connectivity index (χ4n) is 1.11. The smallest absolute Gasteiger partial charge is 0.246 e. The lowest BCUT2D eigenvalue weighted by molar-refractivity contribution is 0.355. The van der Waals surface area contributed by atoms with Crippen molar-refractivity contribution < 1.29 is 17.9 Å². The van der Waals surface area contributed by atoms with Crippen molar-refractivity contribution in [2.24, 2.45) is 0 Å². The number of hydrogen-bond donors (Lipinski definition) is 1. The first-order valence-electron chi connectivity index (χ1n) is 4.31. The number of benzene rings is 1. The molecule has 90 valence electrons. The zero-order valence-corrected chi connectivity index (χ0v) is 10.4. The van der Waals surface area contributed by atoms with Gasteiger partial charge in [0, 0.05) is 6.07 Å². The highest BCUT2D eigenvalue weighted by atomic mass is 35.5. The summed E-state index contributed by atoms with van der Waals surface area (Å²) in [4.78, 5) is 0. The summed E-state index contributed by atoms with van der Waals surface area (Å²) < 4.78 is 34.8. The second-order valence-electron chi connectivity index (χ2n) is 2.90. The van der Waals surface area contributed by atoms with E-state index in [4.69, 9.17) is 21.1 Å². The third-order valence-electron chi connectivity index (χ3n) is 1.80. The van der Waals surface area contributed by atoms with Gasteiger partial charge >= 0.3 is 0 Å². The van der Waals surface area contributed by atoms with Crippen LogP contribution in [0.2, 0.25) is 0 Å². The van der Waals surface area contributed by atoms with Gasteiger partial charge in [-0.05, 0) is 12.1 Å². The van der Waals surface area contributed by atoms with Crippen LogP contribution in [-0.2, 0) is 10.0 Å². The molecule has 16 heavy (non-hydrogen) atoms. The first-order chi connectivity index (χ1) is 7.52. The number of anilines is 1. The predicted molar refractivity (Wildman–Crippen MR) is 62.8 cm³/mol. The molecule has 0 aliphatic carbocycles. The maximum absolute atomic E-state index is 11.2. The summed E-state index contributed by atoms with van der Waals surface area (Å²) >= 11 is 5.27. The highest BCUT2D eigenvalue weighted by molar-refractivity contribution is 7.93. The number of rotatable bonds is 5. The minimum atomic E-state index is -3.50. The lowest BCUT2D eigenvalue weighted by atomic mass is 10.3. The molecular formula is C9H12ClNO4S. The topological polar surface area (TPSA) is 64.6 Å². The molecule has 0 fully saturated rings. The molecule has 0 aliphatic heterocycles. The van der Waals surface area contributed by atoms with Gasteiger partial charge in [0.25, 0.3) is 0 Å². The molecule has 7 heteroatoms. The Morgan fingerprint density at radius 2 is 1.88 bits per heavy atom. The summed E-state index contributed by atoms with van der Waals surface area (Å²) in [5, 5.41) is -0.499. The highest BCUT2D eigenvalue weighted by Gasteiger charge is 2.10. The van der Waals surface area contributed by atoms with E-state index in [9.17, 15) is 8.42 Å². The van der Waals surface area contributed by atoms with Gasteiger partial charge < -0.3 is 9.47 Å². The number of halogens is 1. The summed E-state index contributed by atoms with van der Waals surface area (Å²) in [7, 11) is -0.528. The Morgan fingerprint density at radius 3 is 2.38 bits per heavy atom. The van der Waals surface area contributed by atoms with Crippen molar-refractivity contribution in [1.29, 1.82) is 0 Å². The minimum Gasteiger partial charge on any atom is -0.493 e. The molecule has 0 saturated carbocycles. The molecule has 0 amide bonds. The van der Waals surface area contributed by atoms with E-state index >= 15 is 0 Å². The third-order valence-corrected chi connectivity index (χ3v) is 3.50. The van der Waals surface area contributed by atoms with Gasteiger partial charge in [-0.15, -0.1) is 11.6 Å². The van der Waals surface area contributed by atoms with E-state index < -0.39 is 15.2 Å². The molecule has 0 spiro atoms. The fraction of sp³-hybridized carbons (Fsp3) is 0.333. The van der Waals surface area contributed by atoms with Gasteiger partial charge in [-0.3, -0.25) is 4.72 Å². The molecule has 1 aromatic carbocycles. The molecule has 1 N–H and O–H groups in total. The van der Waals surface area contributed by atoms with E-state index in [2.05, 4.69) is 4.72 Å². The molecule has 0 aliphatic rings. The lowest BCUT2D eigenvalue weighted by Crippen LogP contribution is -2.13. The Hall–Kier alpha value is -1.14. The maximum Gasteiger partial charge on any atom is 0.246 e. The molecule has 0 radical (unpaired) electrons. The number of hydrogen-bond acceptors (Lipinski definition) is 4. The Morgan fingerprint density at radius 1 is 1.25 bits per heavy atom. The van der Waals surface area contributed by atoms with Crippen molar-refractivity contribution >= 4 is 27.3 Å². The first kappa shape index (κ1) is 12.9. The Labute approximate surface area is 99.4 Å². The van der Waals surface area contributed by atoms with Gasteiger partial charge in [0.05, 0.1) is 19.9 Å². The van der Waals surface area contributed by atoms with Crippen LogP contribution in [-0.4, -0.2) is 27.8 Å². The summed E-state index contributed by atoms with van der Waals surface area (Å²) in [5.41, 5.74) is 0.373. The predicted octanol–water partition coefficient (Wildman–Crippen LogP) is 1.64. The molecule has 1 aromatic rings. The van der Waals surface area contributed by atoms with Gasteiger partial charge in [0.1, 0.15) is 5.21 Å². The van der Waals surface area contributed by atoms with E-state index in [0.717, 1.165) is 0 Å². The van der Waals surface area contributed by atoms with Crippen LogP contribution in [0.5, 0.6) is 11.5 Å². The minimum absolute atomic E-state index is 0.373. The number of ether oxygens (including phenoxy) is 2. The number of methoxy groups -OCH3 is 2. The lowest BCUT2D eigenvalue weighted by Gasteiger charge is -2.10. The molecule has 0 unspecified atom stereocenters. The van der Waals surface area contributed by atoms with Gasteiger partial charge in [0.15, 0.2) is 11.5 Å².